The summed E-state index contributed by atoms with van der Waals surface area (Å²) in [6.45, 7) is 9.26. The van der Waals surface area contributed by atoms with E-state index < -0.39 is 0 Å². The Labute approximate surface area is 102 Å². The zero-order chi connectivity index (χ0) is 12.7. The van der Waals surface area contributed by atoms with Crippen molar-refractivity contribution in [3.05, 3.63) is 84.5 Å². The number of hydrogen-bond donors (Lipinski definition) is 0. The van der Waals surface area contributed by atoms with Gasteiger partial charge in [0.2, 0.25) is 0 Å². The van der Waals surface area contributed by atoms with E-state index in [2.05, 4.69) is 13.2 Å². The van der Waals surface area contributed by atoms with Crippen LogP contribution in [-0.2, 0) is 0 Å². The number of carbonyl (C=O) groups is 1. The van der Waals surface area contributed by atoms with Gasteiger partial charge < -0.3 is 0 Å². The molecule has 0 atom stereocenters. The van der Waals surface area contributed by atoms with Crippen LogP contribution in [0.2, 0.25) is 0 Å². The molecular weight excluding hydrogens is 208 g/mol. The Hall–Kier alpha value is -2.15. The topological polar surface area (TPSA) is 17.1 Å². The summed E-state index contributed by atoms with van der Waals surface area (Å²) in [5, 5.41) is 0. The molecule has 0 saturated heterocycles. The third kappa shape index (κ3) is 4.07. The Morgan fingerprint density at radius 3 is 2.29 bits per heavy atom. The highest BCUT2D eigenvalue weighted by atomic mass is 16.1. The molecule has 0 radical (unpaired) electrons. The zero-order valence-corrected chi connectivity index (χ0v) is 10.0. The van der Waals surface area contributed by atoms with Crippen LogP contribution in [0.4, 0.5) is 0 Å². The molecule has 0 fully saturated rings. The first kappa shape index (κ1) is 12.9. The van der Waals surface area contributed by atoms with E-state index in [-0.39, 0.29) is 5.78 Å². The molecule has 1 heteroatoms. The van der Waals surface area contributed by atoms with Gasteiger partial charge >= 0.3 is 0 Å². The lowest BCUT2D eigenvalue weighted by atomic mass is 10.1. The maximum Gasteiger partial charge on any atom is 0.185 e. The second kappa shape index (κ2) is 6.44. The lowest BCUT2D eigenvalue weighted by Crippen LogP contribution is -1.93. The van der Waals surface area contributed by atoms with E-state index >= 15 is 0 Å². The molecule has 1 nitrogen and oxygen atoms in total. The number of carbonyl (C=O) groups excluding carboxylic acids is 1. The summed E-state index contributed by atoms with van der Waals surface area (Å²) in [6, 6.07) is 7.50. The minimum Gasteiger partial charge on any atom is -0.289 e. The van der Waals surface area contributed by atoms with Crippen LogP contribution in [0, 0.1) is 6.92 Å². The summed E-state index contributed by atoms with van der Waals surface area (Å²) < 4.78 is 0. The van der Waals surface area contributed by atoms with Crippen molar-refractivity contribution in [3.63, 3.8) is 0 Å². The SMILES string of the molecule is C=C/C=C(C=C)/C=C/C(=O)c1ccc(C)cc1. The normalized spacial score (nSPS) is 11.5. The van der Waals surface area contributed by atoms with Crippen molar-refractivity contribution in [3.8, 4) is 0 Å². The van der Waals surface area contributed by atoms with Crippen LogP contribution in [0.15, 0.2) is 73.4 Å². The predicted molar refractivity (Wildman–Crippen MR) is 73.1 cm³/mol. The van der Waals surface area contributed by atoms with Gasteiger partial charge in [-0.15, -0.1) is 0 Å². The molecular formula is C16H16O. The summed E-state index contributed by atoms with van der Waals surface area (Å²) in [7, 11) is 0. The minimum absolute atomic E-state index is 0.0122. The lowest BCUT2D eigenvalue weighted by Gasteiger charge is -1.96. The minimum atomic E-state index is -0.0122. The van der Waals surface area contributed by atoms with Crippen molar-refractivity contribution in [2.24, 2.45) is 0 Å². The maximum atomic E-state index is 11.8. The standard InChI is InChI=1S/C16H16O/c1-4-6-14(5-2)9-12-16(17)15-10-7-13(3)8-11-15/h4-12H,1-2H2,3H3/b12-9+,14-6+. The Bertz CT molecular complexity index is 473. The van der Waals surface area contributed by atoms with Crippen molar-refractivity contribution in [2.45, 2.75) is 6.92 Å². The zero-order valence-electron chi connectivity index (χ0n) is 10.0. The molecule has 0 saturated carbocycles. The molecule has 86 valence electrons. The first-order chi connectivity index (χ1) is 8.17. The van der Waals surface area contributed by atoms with Gasteiger partial charge in [-0.1, -0.05) is 67.3 Å². The molecule has 0 bridgehead atoms. The van der Waals surface area contributed by atoms with E-state index in [4.69, 9.17) is 0 Å². The molecule has 0 aliphatic carbocycles. The number of rotatable bonds is 5. The van der Waals surface area contributed by atoms with Gasteiger partial charge in [-0.25, -0.2) is 0 Å². The van der Waals surface area contributed by atoms with Crippen LogP contribution < -0.4 is 0 Å². The Kier molecular flexibility index (Phi) is 4.89. The Morgan fingerprint density at radius 2 is 1.76 bits per heavy atom. The van der Waals surface area contributed by atoms with Crippen LogP contribution in [-0.4, -0.2) is 5.78 Å². The molecule has 0 aliphatic heterocycles. The quantitative estimate of drug-likeness (QED) is 0.419. The van der Waals surface area contributed by atoms with Crippen LogP contribution in [0.5, 0.6) is 0 Å². The average Bonchev–Trinajstić information content (AvgIpc) is 2.35. The molecule has 0 aromatic heterocycles. The second-order valence-corrected chi connectivity index (χ2v) is 3.67. The predicted octanol–water partition coefficient (Wildman–Crippen LogP) is 4.03. The van der Waals surface area contributed by atoms with Crippen LogP contribution in [0.25, 0.3) is 0 Å². The van der Waals surface area contributed by atoms with Crippen LogP contribution in [0.3, 0.4) is 0 Å². The Balaban J connectivity index is 2.82. The van der Waals surface area contributed by atoms with Gasteiger partial charge in [0, 0.05) is 5.56 Å². The van der Waals surface area contributed by atoms with Crippen molar-refractivity contribution in [1.29, 1.82) is 0 Å². The van der Waals surface area contributed by atoms with Gasteiger partial charge in [-0.05, 0) is 18.6 Å². The summed E-state index contributed by atoms with van der Waals surface area (Å²) in [4.78, 5) is 11.8. The molecule has 0 heterocycles. The number of aryl methyl sites for hydroxylation is 1. The van der Waals surface area contributed by atoms with E-state index in [1.165, 1.54) is 0 Å². The molecule has 0 spiro atoms. The maximum absolute atomic E-state index is 11.8. The van der Waals surface area contributed by atoms with Gasteiger partial charge in [0.25, 0.3) is 0 Å². The van der Waals surface area contributed by atoms with Gasteiger partial charge in [0.05, 0.1) is 0 Å². The van der Waals surface area contributed by atoms with Crippen LogP contribution in [0.1, 0.15) is 15.9 Å². The lowest BCUT2D eigenvalue weighted by molar-refractivity contribution is 0.104. The fraction of sp³-hybridized carbons (Fsp3) is 0.0625. The first-order valence-corrected chi connectivity index (χ1v) is 5.41. The molecule has 1 rings (SSSR count). The third-order valence-corrected chi connectivity index (χ3v) is 2.31. The summed E-state index contributed by atoms with van der Waals surface area (Å²) in [5.74, 6) is -0.0122. The van der Waals surface area contributed by atoms with Crippen molar-refractivity contribution >= 4 is 5.78 Å². The number of hydrogen-bond acceptors (Lipinski definition) is 1. The fourth-order valence-corrected chi connectivity index (χ4v) is 1.31. The molecule has 0 N–H and O–H groups in total. The first-order valence-electron chi connectivity index (χ1n) is 5.41. The van der Waals surface area contributed by atoms with E-state index in [1.807, 2.05) is 31.2 Å². The summed E-state index contributed by atoms with van der Waals surface area (Å²) >= 11 is 0. The van der Waals surface area contributed by atoms with E-state index in [9.17, 15) is 4.79 Å². The Morgan fingerprint density at radius 1 is 1.12 bits per heavy atom. The van der Waals surface area contributed by atoms with Crippen molar-refractivity contribution in [2.75, 3.05) is 0 Å². The number of benzene rings is 1. The molecule has 0 unspecified atom stereocenters. The monoisotopic (exact) mass is 224 g/mol. The van der Waals surface area contributed by atoms with Gasteiger partial charge in [-0.2, -0.15) is 0 Å². The van der Waals surface area contributed by atoms with Crippen LogP contribution >= 0.6 is 0 Å². The average molecular weight is 224 g/mol. The molecule has 17 heavy (non-hydrogen) atoms. The highest BCUT2D eigenvalue weighted by molar-refractivity contribution is 6.04. The number of ketones is 1. The smallest absolute Gasteiger partial charge is 0.185 e. The molecule has 0 aliphatic rings. The molecule has 0 amide bonds. The summed E-state index contributed by atoms with van der Waals surface area (Å²) in [5.41, 5.74) is 2.69. The van der Waals surface area contributed by atoms with Gasteiger partial charge in [0.15, 0.2) is 5.78 Å². The highest BCUT2D eigenvalue weighted by Gasteiger charge is 2.00. The number of allylic oxidation sites excluding steroid dienone is 6. The molecule has 1 aromatic carbocycles. The van der Waals surface area contributed by atoms with E-state index in [1.54, 1.807) is 30.4 Å². The van der Waals surface area contributed by atoms with Gasteiger partial charge in [0.1, 0.15) is 0 Å². The summed E-state index contributed by atoms with van der Waals surface area (Å²) in [6.07, 6.45) is 8.42. The third-order valence-electron chi connectivity index (χ3n) is 2.31. The van der Waals surface area contributed by atoms with E-state index in [0.717, 1.165) is 11.1 Å². The van der Waals surface area contributed by atoms with Crippen molar-refractivity contribution in [1.82, 2.24) is 0 Å². The largest absolute Gasteiger partial charge is 0.289 e. The molecule has 1 aromatic rings. The van der Waals surface area contributed by atoms with Gasteiger partial charge in [-0.3, -0.25) is 4.79 Å². The fourth-order valence-electron chi connectivity index (χ4n) is 1.31. The van der Waals surface area contributed by atoms with E-state index in [0.29, 0.717) is 5.56 Å². The van der Waals surface area contributed by atoms with Crippen molar-refractivity contribution < 1.29 is 4.79 Å². The highest BCUT2D eigenvalue weighted by Crippen LogP contribution is 2.06. The second-order valence-electron chi connectivity index (χ2n) is 3.67.